The van der Waals surface area contributed by atoms with Gasteiger partial charge in [-0.2, -0.15) is 0 Å². The predicted molar refractivity (Wildman–Crippen MR) is 198 cm³/mol. The van der Waals surface area contributed by atoms with Crippen LogP contribution in [0, 0.1) is 5.92 Å². The van der Waals surface area contributed by atoms with Gasteiger partial charge < -0.3 is 29.9 Å². The summed E-state index contributed by atoms with van der Waals surface area (Å²) in [7, 11) is -0.530. The van der Waals surface area contributed by atoms with E-state index in [-0.39, 0.29) is 37.4 Å². The number of thiazole rings is 1. The average molecular weight is 752 g/mol. The molecule has 278 valence electrons. The van der Waals surface area contributed by atoms with Gasteiger partial charge in [0.15, 0.2) is 5.13 Å². The van der Waals surface area contributed by atoms with Crippen molar-refractivity contribution in [3.63, 3.8) is 0 Å². The molecule has 52 heavy (non-hydrogen) atoms. The van der Waals surface area contributed by atoms with Gasteiger partial charge in [0.1, 0.15) is 29.1 Å². The number of nitrogens with one attached hydrogen (secondary N) is 3. The van der Waals surface area contributed by atoms with Crippen LogP contribution in [0.4, 0.5) is 9.93 Å². The van der Waals surface area contributed by atoms with Crippen molar-refractivity contribution in [2.24, 2.45) is 5.92 Å². The number of hydrogen-bond donors (Lipinski definition) is 3. The third-order valence-corrected chi connectivity index (χ3v) is 12.6. The number of sulfonamides is 1. The second-order valence-electron chi connectivity index (χ2n) is 14.5. The number of urea groups is 1. The highest BCUT2D eigenvalue weighted by molar-refractivity contribution is 7.91. The minimum atomic E-state index is -3.84. The highest BCUT2D eigenvalue weighted by atomic mass is 32.2. The average Bonchev–Trinajstić information content (AvgIpc) is 3.99. The van der Waals surface area contributed by atoms with Gasteiger partial charge in [0.25, 0.3) is 5.91 Å². The Bertz CT molecular complexity index is 2010. The third-order valence-electron chi connectivity index (χ3n) is 10.0. The summed E-state index contributed by atoms with van der Waals surface area (Å²) in [4.78, 5) is 54.4. The van der Waals surface area contributed by atoms with Crippen molar-refractivity contribution < 1.29 is 32.3 Å². The zero-order valence-corrected chi connectivity index (χ0v) is 31.4. The molecule has 4 aliphatic rings. The van der Waals surface area contributed by atoms with Crippen molar-refractivity contribution in [2.75, 3.05) is 32.6 Å². The molecule has 0 bridgehead atoms. The molecule has 4 atom stereocenters. The van der Waals surface area contributed by atoms with Crippen molar-refractivity contribution in [1.82, 2.24) is 29.8 Å². The number of amides is 4. The number of rotatable bonds is 9. The first-order chi connectivity index (χ1) is 24.9. The first kappa shape index (κ1) is 35.9. The van der Waals surface area contributed by atoms with Crippen LogP contribution in [-0.4, -0.2) is 102 Å². The largest absolute Gasteiger partial charge is 0.497 e. The quantitative estimate of drug-likeness (QED) is 0.268. The molecule has 14 nitrogen and oxygen atoms in total. The Balaban J connectivity index is 1.19. The van der Waals surface area contributed by atoms with Crippen LogP contribution in [0.15, 0.2) is 41.8 Å². The lowest BCUT2D eigenvalue weighted by molar-refractivity contribution is -0.131. The summed E-state index contributed by atoms with van der Waals surface area (Å²) >= 11 is 1.48. The number of fused-ring (bicyclic) bond motifs is 3. The number of nitrogens with zero attached hydrogens (tertiary/aromatic N) is 4. The molecular formula is C36H45N7O7S2. The highest BCUT2D eigenvalue weighted by Crippen LogP contribution is 2.46. The minimum absolute atomic E-state index is 0.0998. The van der Waals surface area contributed by atoms with Gasteiger partial charge in [-0.15, -0.1) is 11.3 Å². The van der Waals surface area contributed by atoms with E-state index in [0.717, 1.165) is 35.2 Å². The molecule has 0 spiro atoms. The van der Waals surface area contributed by atoms with Crippen LogP contribution in [0.2, 0.25) is 0 Å². The van der Waals surface area contributed by atoms with E-state index in [4.69, 9.17) is 19.4 Å². The Kier molecular flexibility index (Phi) is 9.80. The molecule has 2 saturated carbocycles. The van der Waals surface area contributed by atoms with Gasteiger partial charge in [0.2, 0.25) is 21.8 Å². The van der Waals surface area contributed by atoms with E-state index in [1.54, 1.807) is 19.1 Å². The number of aromatic nitrogens is 2. The molecule has 4 heterocycles. The molecular weight excluding hydrogens is 707 g/mol. The normalized spacial score (nSPS) is 25.3. The number of methoxy groups -OCH3 is 1. The molecule has 2 aliphatic carbocycles. The molecule has 16 heteroatoms. The summed E-state index contributed by atoms with van der Waals surface area (Å²) in [6, 6.07) is 6.41. The Morgan fingerprint density at radius 2 is 1.94 bits per heavy atom. The second kappa shape index (κ2) is 14.2. The minimum Gasteiger partial charge on any atom is -0.497 e. The lowest BCUT2D eigenvalue weighted by atomic mass is 10.1. The Labute approximate surface area is 307 Å². The molecule has 0 radical (unpaired) electrons. The summed E-state index contributed by atoms with van der Waals surface area (Å²) in [5.41, 5.74) is -0.167. The lowest BCUT2D eigenvalue weighted by Gasteiger charge is -2.30. The summed E-state index contributed by atoms with van der Waals surface area (Å²) in [5.74, 6) is -0.664. The van der Waals surface area contributed by atoms with Crippen molar-refractivity contribution in [2.45, 2.75) is 87.8 Å². The molecule has 4 amide bonds. The van der Waals surface area contributed by atoms with E-state index in [2.05, 4.69) is 15.4 Å². The number of benzene rings is 1. The van der Waals surface area contributed by atoms with Gasteiger partial charge in [-0.3, -0.25) is 14.3 Å². The number of allylic oxidation sites excluding steroid dienone is 1. The van der Waals surface area contributed by atoms with E-state index >= 15 is 0 Å². The highest BCUT2D eigenvalue weighted by Gasteiger charge is 2.62. The van der Waals surface area contributed by atoms with Crippen molar-refractivity contribution in [3.05, 3.63) is 41.8 Å². The Morgan fingerprint density at radius 3 is 2.69 bits per heavy atom. The maximum atomic E-state index is 14.2. The fraction of sp³-hybridized carbons (Fsp3) is 0.528. The summed E-state index contributed by atoms with van der Waals surface area (Å²) in [6.07, 6.45) is 6.94. The van der Waals surface area contributed by atoms with Crippen molar-refractivity contribution in [1.29, 1.82) is 0 Å². The number of pyridine rings is 1. The van der Waals surface area contributed by atoms with Gasteiger partial charge in [-0.25, -0.2) is 23.2 Å². The van der Waals surface area contributed by atoms with E-state index in [0.29, 0.717) is 42.4 Å². The maximum absolute atomic E-state index is 14.2. The SMILES string of the molecule is COc1ccc2c(O[C@@H]3C[C@H]4C(=O)N[C@]5(C(=O)NS(=O)(=O)C6CC6)C[C@H]5C=CCCCCN(C)C(=O)N4C3)nc(-c3csc(NC(C)C)n3)cc2c1. The first-order valence-corrected chi connectivity index (χ1v) is 20.2. The Morgan fingerprint density at radius 1 is 1.13 bits per heavy atom. The number of ether oxygens (including phenoxy) is 2. The molecule has 3 N–H and O–H groups in total. The summed E-state index contributed by atoms with van der Waals surface area (Å²) in [5, 5.41) is 9.87. The predicted octanol–water partition coefficient (Wildman–Crippen LogP) is 4.28. The van der Waals surface area contributed by atoms with Crippen LogP contribution in [0.5, 0.6) is 11.6 Å². The molecule has 7 rings (SSSR count). The summed E-state index contributed by atoms with van der Waals surface area (Å²) < 4.78 is 39.9. The van der Waals surface area contributed by atoms with Crippen LogP contribution in [0.1, 0.15) is 58.8 Å². The zero-order chi connectivity index (χ0) is 36.8. The molecule has 2 aromatic heterocycles. The Hall–Kier alpha value is -4.44. The monoisotopic (exact) mass is 751 g/mol. The molecule has 1 aromatic carbocycles. The molecule has 1 saturated heterocycles. The summed E-state index contributed by atoms with van der Waals surface area (Å²) in [6.45, 7) is 4.69. The van der Waals surface area contributed by atoms with Crippen molar-refractivity contribution in [3.8, 4) is 23.0 Å². The topological polar surface area (TPSA) is 172 Å². The van der Waals surface area contributed by atoms with Gasteiger partial charge in [-0.05, 0) is 82.0 Å². The lowest BCUT2D eigenvalue weighted by Crippen LogP contribution is -2.57. The zero-order valence-electron chi connectivity index (χ0n) is 29.8. The van der Waals surface area contributed by atoms with Gasteiger partial charge in [0.05, 0.1) is 24.6 Å². The van der Waals surface area contributed by atoms with Crippen LogP contribution in [0.25, 0.3) is 22.2 Å². The van der Waals surface area contributed by atoms with Crippen LogP contribution >= 0.6 is 11.3 Å². The molecule has 3 aromatic rings. The second-order valence-corrected chi connectivity index (χ2v) is 17.3. The smallest absolute Gasteiger partial charge is 0.320 e. The molecule has 0 unspecified atom stereocenters. The van der Waals surface area contributed by atoms with Gasteiger partial charge in [0, 0.05) is 42.7 Å². The van der Waals surface area contributed by atoms with Crippen molar-refractivity contribution >= 4 is 55.1 Å². The fourth-order valence-electron chi connectivity index (χ4n) is 6.91. The maximum Gasteiger partial charge on any atom is 0.320 e. The molecule has 3 fully saturated rings. The fourth-order valence-corrected chi connectivity index (χ4v) is 9.13. The van der Waals surface area contributed by atoms with Crippen LogP contribution in [-0.2, 0) is 19.6 Å². The first-order valence-electron chi connectivity index (χ1n) is 17.8. The number of carbonyl (C=O) groups excluding carboxylic acids is 3. The van der Waals surface area contributed by atoms with Crippen LogP contribution < -0.4 is 24.8 Å². The standard InChI is InChI=1S/C36H45N7O7S2/c1-21(2)37-34-39-29(20-51-34)28-16-22-15-24(49-4)10-13-27(22)32(38-28)50-25-17-30-31(44)40-36(33(45)41-52(47,48)26-11-12-26)18-23(36)9-7-5-6-8-14-42(3)35(46)43(30)19-25/h7,9-10,13,15-16,20-21,23,25-26,30H,5-6,8,11-12,14,17-19H2,1-4H3,(H,37,39)(H,40,44)(H,41,45)/t23-,25-,30+,36-/m1/s1. The van der Waals surface area contributed by atoms with E-state index in [1.165, 1.54) is 16.2 Å². The van der Waals surface area contributed by atoms with Gasteiger partial charge >= 0.3 is 6.03 Å². The third kappa shape index (κ3) is 7.40. The van der Waals surface area contributed by atoms with Crippen LogP contribution in [0.3, 0.4) is 0 Å². The molecule has 2 aliphatic heterocycles. The number of carbonyl (C=O) groups is 3. The van der Waals surface area contributed by atoms with E-state index < -0.39 is 44.8 Å². The number of anilines is 1. The van der Waals surface area contributed by atoms with Gasteiger partial charge in [-0.1, -0.05) is 12.2 Å². The van der Waals surface area contributed by atoms with E-state index in [9.17, 15) is 22.8 Å². The van der Waals surface area contributed by atoms with E-state index in [1.807, 2.05) is 55.6 Å². The number of hydrogen-bond acceptors (Lipinski definition) is 11.